The molecular weight excluding hydrogens is 523 g/mol. The summed E-state index contributed by atoms with van der Waals surface area (Å²) in [6.07, 6.45) is 1.06. The van der Waals surface area contributed by atoms with Gasteiger partial charge < -0.3 is 10.2 Å². The van der Waals surface area contributed by atoms with Crippen LogP contribution in [0.2, 0.25) is 5.02 Å². The number of fused-ring (bicyclic) bond motifs is 1. The van der Waals surface area contributed by atoms with E-state index in [0.29, 0.717) is 40.8 Å². The van der Waals surface area contributed by atoms with Crippen molar-refractivity contribution in [1.82, 2.24) is 15.3 Å². The number of carbonyl (C=O) groups excluding carboxylic acids is 1. The molecule has 0 aliphatic rings. The summed E-state index contributed by atoms with van der Waals surface area (Å²) in [4.78, 5) is 24.9. The zero-order valence-electron chi connectivity index (χ0n) is 22.2. The largest absolute Gasteiger partial charge is 0.355 e. The Morgan fingerprint density at radius 1 is 0.900 bits per heavy atom. The minimum Gasteiger partial charge on any atom is -0.355 e. The van der Waals surface area contributed by atoms with Gasteiger partial charge in [-0.2, -0.15) is 0 Å². The minimum absolute atomic E-state index is 0.0405. The first-order valence-corrected chi connectivity index (χ1v) is 13.7. The number of hydrogen-bond donors (Lipinski definition) is 1. The summed E-state index contributed by atoms with van der Waals surface area (Å²) in [6, 6.07) is 31.7. The van der Waals surface area contributed by atoms with Crippen LogP contribution in [-0.4, -0.2) is 29.0 Å². The summed E-state index contributed by atoms with van der Waals surface area (Å²) in [5.74, 6) is 0.812. The Morgan fingerprint density at radius 2 is 1.60 bits per heavy atom. The molecule has 1 aromatic heterocycles. The summed E-state index contributed by atoms with van der Waals surface area (Å²) in [7, 11) is 0. The van der Waals surface area contributed by atoms with Crippen LogP contribution in [0, 0.1) is 5.82 Å². The van der Waals surface area contributed by atoms with Crippen molar-refractivity contribution in [3.05, 3.63) is 125 Å². The summed E-state index contributed by atoms with van der Waals surface area (Å²) in [5, 5.41) is 4.51. The Balaban J connectivity index is 1.46. The number of carbonyl (C=O) groups is 1. The first-order chi connectivity index (χ1) is 19.5. The fourth-order valence-corrected chi connectivity index (χ4v) is 4.83. The molecule has 0 radical (unpaired) electrons. The number of aromatic nitrogens is 2. The third-order valence-corrected chi connectivity index (χ3v) is 7.07. The van der Waals surface area contributed by atoms with Crippen molar-refractivity contribution in [2.24, 2.45) is 0 Å². The first kappa shape index (κ1) is 27.3. The molecule has 1 amide bonds. The predicted molar refractivity (Wildman–Crippen MR) is 160 cm³/mol. The zero-order chi connectivity index (χ0) is 27.9. The molecule has 0 unspecified atom stereocenters. The fourth-order valence-electron chi connectivity index (χ4n) is 4.66. The van der Waals surface area contributed by atoms with E-state index in [-0.39, 0.29) is 24.2 Å². The molecule has 0 saturated carbocycles. The molecule has 0 fully saturated rings. The molecule has 1 N–H and O–H groups in total. The van der Waals surface area contributed by atoms with E-state index >= 15 is 0 Å². The number of hydrogen-bond acceptors (Lipinski definition) is 4. The maximum Gasteiger partial charge on any atom is 0.222 e. The first-order valence-electron chi connectivity index (χ1n) is 13.3. The number of nitrogens with one attached hydrogen (secondary N) is 1. The van der Waals surface area contributed by atoms with Crippen LogP contribution in [0.15, 0.2) is 103 Å². The molecule has 0 aliphatic heterocycles. The van der Waals surface area contributed by atoms with E-state index in [1.807, 2.05) is 67.6 Å². The number of halogens is 2. The topological polar surface area (TPSA) is 58.1 Å². The van der Waals surface area contributed by atoms with Gasteiger partial charge in [-0.1, -0.05) is 72.3 Å². The van der Waals surface area contributed by atoms with Gasteiger partial charge in [0.15, 0.2) is 5.82 Å². The van der Waals surface area contributed by atoms with Crippen molar-refractivity contribution in [2.45, 2.75) is 25.8 Å². The van der Waals surface area contributed by atoms with Gasteiger partial charge in [0.05, 0.1) is 11.6 Å². The second kappa shape index (κ2) is 12.7. The lowest BCUT2D eigenvalue weighted by Crippen LogP contribution is -2.34. The highest BCUT2D eigenvalue weighted by Gasteiger charge is 2.18. The zero-order valence-corrected chi connectivity index (χ0v) is 23.0. The van der Waals surface area contributed by atoms with Gasteiger partial charge in [0.1, 0.15) is 11.6 Å². The Labute approximate surface area is 238 Å². The van der Waals surface area contributed by atoms with E-state index in [0.717, 1.165) is 17.4 Å². The van der Waals surface area contributed by atoms with Gasteiger partial charge >= 0.3 is 0 Å². The number of nitrogens with zero attached hydrogens (tertiary/aromatic N) is 3. The summed E-state index contributed by atoms with van der Waals surface area (Å²) in [6.45, 7) is 3.08. The molecule has 5 nitrogen and oxygen atoms in total. The number of rotatable bonds is 10. The van der Waals surface area contributed by atoms with Crippen LogP contribution in [0.4, 0.5) is 10.2 Å². The lowest BCUT2D eigenvalue weighted by Gasteiger charge is -2.26. The molecule has 0 aliphatic carbocycles. The van der Waals surface area contributed by atoms with E-state index in [9.17, 15) is 9.18 Å². The molecule has 4 aromatic carbocycles. The third kappa shape index (κ3) is 6.82. The highest BCUT2D eigenvalue weighted by molar-refractivity contribution is 6.31. The fraction of sp³-hybridized carbons (Fsp3) is 0.182. The predicted octanol–water partition coefficient (Wildman–Crippen LogP) is 7.41. The molecule has 0 saturated heterocycles. The van der Waals surface area contributed by atoms with Crippen LogP contribution in [-0.2, 0) is 11.2 Å². The van der Waals surface area contributed by atoms with Gasteiger partial charge in [-0.25, -0.2) is 14.4 Å². The molecule has 0 bridgehead atoms. The average molecular weight is 553 g/mol. The lowest BCUT2D eigenvalue weighted by molar-refractivity contribution is -0.121. The van der Waals surface area contributed by atoms with Crippen LogP contribution in [0.3, 0.4) is 0 Å². The normalized spacial score (nSPS) is 11.8. The van der Waals surface area contributed by atoms with Crippen LogP contribution >= 0.6 is 11.6 Å². The van der Waals surface area contributed by atoms with E-state index in [2.05, 4.69) is 22.3 Å². The van der Waals surface area contributed by atoms with E-state index < -0.39 is 0 Å². The molecule has 5 rings (SSSR count). The maximum atomic E-state index is 13.6. The van der Waals surface area contributed by atoms with E-state index in [4.69, 9.17) is 21.6 Å². The quantitative estimate of drug-likeness (QED) is 0.196. The van der Waals surface area contributed by atoms with Crippen molar-refractivity contribution in [2.75, 3.05) is 18.0 Å². The van der Waals surface area contributed by atoms with Crippen LogP contribution in [0.25, 0.3) is 22.3 Å². The highest BCUT2D eigenvalue weighted by Crippen LogP contribution is 2.30. The standard InChI is InChI=1S/C33H30ClFN4O/c1-23(25-10-6-3-7-11-25)36-31(40)19-21-39(20-18-24-8-4-2-5-9-24)33-29-17-14-27(34)22-30(29)37-32(38-33)26-12-15-28(35)16-13-26/h2-17,22-23H,18-21H2,1H3,(H,36,40)/t23-/m1/s1. The smallest absolute Gasteiger partial charge is 0.222 e. The highest BCUT2D eigenvalue weighted by atomic mass is 35.5. The van der Waals surface area contributed by atoms with Crippen molar-refractivity contribution in [1.29, 1.82) is 0 Å². The van der Waals surface area contributed by atoms with Crippen LogP contribution < -0.4 is 10.2 Å². The molecule has 7 heteroatoms. The molecule has 1 heterocycles. The van der Waals surface area contributed by atoms with Gasteiger partial charge in [-0.3, -0.25) is 4.79 Å². The van der Waals surface area contributed by atoms with E-state index in [1.54, 1.807) is 18.2 Å². The van der Waals surface area contributed by atoms with Crippen molar-refractivity contribution in [3.8, 4) is 11.4 Å². The second-order valence-corrected chi connectivity index (χ2v) is 10.1. The Hall–Kier alpha value is -4.29. The Kier molecular flexibility index (Phi) is 8.67. The van der Waals surface area contributed by atoms with E-state index in [1.165, 1.54) is 17.7 Å². The summed E-state index contributed by atoms with van der Waals surface area (Å²) >= 11 is 6.34. The van der Waals surface area contributed by atoms with Gasteiger partial charge in [-0.15, -0.1) is 0 Å². The second-order valence-electron chi connectivity index (χ2n) is 9.71. The average Bonchev–Trinajstić information content (AvgIpc) is 2.98. The summed E-state index contributed by atoms with van der Waals surface area (Å²) in [5.41, 5.74) is 3.62. The monoisotopic (exact) mass is 552 g/mol. The maximum absolute atomic E-state index is 13.6. The molecular formula is C33H30ClFN4O. The van der Waals surface area contributed by atoms with Crippen molar-refractivity contribution in [3.63, 3.8) is 0 Å². The molecule has 1 atom stereocenters. The minimum atomic E-state index is -0.326. The Bertz CT molecular complexity index is 1580. The van der Waals surface area contributed by atoms with Crippen LogP contribution in [0.1, 0.15) is 30.5 Å². The van der Waals surface area contributed by atoms with Gasteiger partial charge in [-0.05, 0) is 66.9 Å². The Morgan fingerprint density at radius 3 is 2.33 bits per heavy atom. The SMILES string of the molecule is C[C@@H](NC(=O)CCN(CCc1ccccc1)c1nc(-c2ccc(F)cc2)nc2cc(Cl)ccc12)c1ccccc1. The molecule has 5 aromatic rings. The van der Waals surface area contributed by atoms with Crippen molar-refractivity contribution < 1.29 is 9.18 Å². The molecule has 40 heavy (non-hydrogen) atoms. The summed E-state index contributed by atoms with van der Waals surface area (Å²) < 4.78 is 13.6. The lowest BCUT2D eigenvalue weighted by atomic mass is 10.1. The van der Waals surface area contributed by atoms with Crippen molar-refractivity contribution >= 4 is 34.2 Å². The molecule has 202 valence electrons. The number of amides is 1. The number of anilines is 1. The van der Waals surface area contributed by atoms with Gasteiger partial charge in [0, 0.05) is 35.5 Å². The van der Waals surface area contributed by atoms with Gasteiger partial charge in [0.25, 0.3) is 0 Å². The third-order valence-electron chi connectivity index (χ3n) is 6.84. The number of benzene rings is 4. The molecule has 0 spiro atoms. The van der Waals surface area contributed by atoms with Crippen LogP contribution in [0.5, 0.6) is 0 Å². The van der Waals surface area contributed by atoms with Gasteiger partial charge in [0.2, 0.25) is 5.91 Å².